The van der Waals surface area contributed by atoms with Gasteiger partial charge in [0.25, 0.3) is 0 Å². The van der Waals surface area contributed by atoms with Crippen molar-refractivity contribution >= 4 is 0 Å². The molecule has 1 atom stereocenters. The topological polar surface area (TPSA) is 32.3 Å². The molecular weight excluding hydrogens is 241 g/mol. The number of rotatable bonds is 6. The molecule has 106 valence electrons. The summed E-state index contributed by atoms with van der Waals surface area (Å²) >= 11 is 0. The van der Waals surface area contributed by atoms with Gasteiger partial charge in [-0.1, -0.05) is 31.9 Å². The Bertz CT molecular complexity index is 384. The van der Waals surface area contributed by atoms with E-state index in [1.165, 1.54) is 25.0 Å². The molecule has 1 aliphatic carbocycles. The van der Waals surface area contributed by atoms with Gasteiger partial charge in [-0.15, -0.1) is 0 Å². The van der Waals surface area contributed by atoms with E-state index in [4.69, 9.17) is 0 Å². The standard InChI is InChI=1S/C16H24FNO/c1-2-15(13-5-7-14(17)8-6-13)18-11-16(12-19)9-3-4-10-16/h5-8,15,18-19H,2-4,9-12H2,1H3. The Morgan fingerprint density at radius 2 is 1.89 bits per heavy atom. The average molecular weight is 265 g/mol. The first-order valence-electron chi connectivity index (χ1n) is 7.29. The second-order valence-electron chi connectivity index (χ2n) is 5.76. The molecule has 0 radical (unpaired) electrons. The molecule has 1 fully saturated rings. The van der Waals surface area contributed by atoms with Crippen molar-refractivity contribution in [3.05, 3.63) is 35.6 Å². The summed E-state index contributed by atoms with van der Waals surface area (Å²) in [5, 5.41) is 13.2. The highest BCUT2D eigenvalue weighted by atomic mass is 19.1. The van der Waals surface area contributed by atoms with Crippen LogP contribution in [0.2, 0.25) is 0 Å². The van der Waals surface area contributed by atoms with Crippen LogP contribution in [0.4, 0.5) is 4.39 Å². The van der Waals surface area contributed by atoms with Crippen LogP contribution in [0, 0.1) is 11.2 Å². The summed E-state index contributed by atoms with van der Waals surface area (Å²) in [4.78, 5) is 0. The van der Waals surface area contributed by atoms with Crippen molar-refractivity contribution in [1.82, 2.24) is 5.32 Å². The minimum Gasteiger partial charge on any atom is -0.396 e. The third kappa shape index (κ3) is 3.54. The second kappa shape index (κ2) is 6.49. The van der Waals surface area contributed by atoms with Gasteiger partial charge >= 0.3 is 0 Å². The fraction of sp³-hybridized carbons (Fsp3) is 0.625. The third-order valence-corrected chi connectivity index (χ3v) is 4.40. The van der Waals surface area contributed by atoms with E-state index in [2.05, 4.69) is 12.2 Å². The van der Waals surface area contributed by atoms with Gasteiger partial charge in [0.05, 0.1) is 0 Å². The SMILES string of the molecule is CCC(NCC1(CO)CCCC1)c1ccc(F)cc1. The van der Waals surface area contributed by atoms with Crippen LogP contribution in [0.3, 0.4) is 0 Å². The Morgan fingerprint density at radius 1 is 1.26 bits per heavy atom. The first-order valence-corrected chi connectivity index (χ1v) is 7.29. The molecule has 2 nitrogen and oxygen atoms in total. The van der Waals surface area contributed by atoms with Gasteiger partial charge in [0.2, 0.25) is 0 Å². The zero-order valence-corrected chi connectivity index (χ0v) is 11.7. The molecule has 1 aliphatic rings. The van der Waals surface area contributed by atoms with Gasteiger partial charge in [-0.25, -0.2) is 4.39 Å². The van der Waals surface area contributed by atoms with Crippen LogP contribution in [-0.4, -0.2) is 18.3 Å². The molecule has 0 amide bonds. The summed E-state index contributed by atoms with van der Waals surface area (Å²) in [5.74, 6) is -0.193. The van der Waals surface area contributed by atoms with Crippen molar-refractivity contribution in [2.75, 3.05) is 13.2 Å². The maximum atomic E-state index is 12.9. The van der Waals surface area contributed by atoms with Crippen LogP contribution in [-0.2, 0) is 0 Å². The quantitative estimate of drug-likeness (QED) is 0.826. The van der Waals surface area contributed by atoms with Gasteiger partial charge in [-0.05, 0) is 37.0 Å². The Labute approximate surface area is 115 Å². The minimum absolute atomic E-state index is 0.0629. The average Bonchev–Trinajstić information content (AvgIpc) is 2.91. The number of halogens is 1. The summed E-state index contributed by atoms with van der Waals surface area (Å²) < 4.78 is 12.9. The van der Waals surface area contributed by atoms with Crippen molar-refractivity contribution in [2.24, 2.45) is 5.41 Å². The lowest BCUT2D eigenvalue weighted by Crippen LogP contribution is -2.37. The second-order valence-corrected chi connectivity index (χ2v) is 5.76. The number of nitrogens with one attached hydrogen (secondary N) is 1. The van der Waals surface area contributed by atoms with Crippen molar-refractivity contribution in [1.29, 1.82) is 0 Å². The highest BCUT2D eigenvalue weighted by Crippen LogP contribution is 2.37. The number of aliphatic hydroxyl groups excluding tert-OH is 1. The molecule has 1 unspecified atom stereocenters. The smallest absolute Gasteiger partial charge is 0.123 e. The lowest BCUT2D eigenvalue weighted by Gasteiger charge is -2.29. The van der Waals surface area contributed by atoms with Gasteiger partial charge in [-0.2, -0.15) is 0 Å². The van der Waals surface area contributed by atoms with E-state index in [9.17, 15) is 9.50 Å². The molecule has 3 heteroatoms. The van der Waals surface area contributed by atoms with Crippen LogP contribution in [0.1, 0.15) is 50.6 Å². The molecule has 2 rings (SSSR count). The Hall–Kier alpha value is -0.930. The third-order valence-electron chi connectivity index (χ3n) is 4.40. The van der Waals surface area contributed by atoms with Crippen LogP contribution >= 0.6 is 0 Å². The molecule has 0 aromatic heterocycles. The molecule has 19 heavy (non-hydrogen) atoms. The van der Waals surface area contributed by atoms with E-state index in [1.807, 2.05) is 12.1 Å². The molecule has 0 bridgehead atoms. The van der Waals surface area contributed by atoms with Gasteiger partial charge in [-0.3, -0.25) is 0 Å². The van der Waals surface area contributed by atoms with Gasteiger partial charge < -0.3 is 10.4 Å². The lowest BCUT2D eigenvalue weighted by atomic mass is 9.86. The summed E-state index contributed by atoms with van der Waals surface area (Å²) in [6, 6.07) is 6.95. The zero-order valence-electron chi connectivity index (χ0n) is 11.7. The van der Waals surface area contributed by atoms with E-state index in [1.54, 1.807) is 0 Å². The monoisotopic (exact) mass is 265 g/mol. The zero-order chi connectivity index (χ0) is 13.7. The van der Waals surface area contributed by atoms with Crippen molar-refractivity contribution < 1.29 is 9.50 Å². The fourth-order valence-corrected chi connectivity index (χ4v) is 3.05. The van der Waals surface area contributed by atoms with Crippen LogP contribution in [0.25, 0.3) is 0 Å². The molecule has 0 saturated heterocycles. The molecule has 1 aromatic carbocycles. The van der Waals surface area contributed by atoms with Crippen LogP contribution < -0.4 is 5.32 Å². The Balaban J connectivity index is 1.97. The van der Waals surface area contributed by atoms with Gasteiger partial charge in [0.15, 0.2) is 0 Å². The van der Waals surface area contributed by atoms with Crippen molar-refractivity contribution in [3.63, 3.8) is 0 Å². The van der Waals surface area contributed by atoms with Crippen LogP contribution in [0.15, 0.2) is 24.3 Å². The number of aliphatic hydroxyl groups is 1. The summed E-state index contributed by atoms with van der Waals surface area (Å²) in [5.41, 5.74) is 1.18. The molecule has 1 aromatic rings. The Morgan fingerprint density at radius 3 is 2.42 bits per heavy atom. The predicted molar refractivity (Wildman–Crippen MR) is 75.4 cm³/mol. The maximum Gasteiger partial charge on any atom is 0.123 e. The van der Waals surface area contributed by atoms with E-state index < -0.39 is 0 Å². The summed E-state index contributed by atoms with van der Waals surface area (Å²) in [6.45, 7) is 3.24. The Kier molecular flexibility index (Phi) is 4.94. The summed E-state index contributed by atoms with van der Waals surface area (Å²) in [7, 11) is 0. The first kappa shape index (κ1) is 14.5. The fourth-order valence-electron chi connectivity index (χ4n) is 3.05. The normalized spacial score (nSPS) is 19.5. The number of benzene rings is 1. The minimum atomic E-state index is -0.193. The molecule has 0 heterocycles. The highest BCUT2D eigenvalue weighted by Gasteiger charge is 2.33. The van der Waals surface area contributed by atoms with E-state index in [0.717, 1.165) is 31.4 Å². The summed E-state index contributed by atoms with van der Waals surface area (Å²) in [6.07, 6.45) is 5.62. The molecule has 0 aliphatic heterocycles. The number of hydrogen-bond donors (Lipinski definition) is 2. The van der Waals surface area contributed by atoms with Crippen LogP contribution in [0.5, 0.6) is 0 Å². The number of hydrogen-bond acceptors (Lipinski definition) is 2. The maximum absolute atomic E-state index is 12.9. The van der Waals surface area contributed by atoms with E-state index in [-0.39, 0.29) is 23.9 Å². The molecule has 1 saturated carbocycles. The van der Waals surface area contributed by atoms with E-state index >= 15 is 0 Å². The largest absolute Gasteiger partial charge is 0.396 e. The molecule has 2 N–H and O–H groups in total. The lowest BCUT2D eigenvalue weighted by molar-refractivity contribution is 0.124. The molecule has 0 spiro atoms. The predicted octanol–water partition coefficient (Wildman–Crippen LogP) is 3.42. The van der Waals surface area contributed by atoms with Gasteiger partial charge in [0, 0.05) is 24.6 Å². The molecular formula is C16H24FNO. The van der Waals surface area contributed by atoms with E-state index in [0.29, 0.717) is 0 Å². The first-order chi connectivity index (χ1) is 9.19. The van der Waals surface area contributed by atoms with Gasteiger partial charge in [0.1, 0.15) is 5.82 Å². The van der Waals surface area contributed by atoms with Crippen molar-refractivity contribution in [3.8, 4) is 0 Å². The highest BCUT2D eigenvalue weighted by molar-refractivity contribution is 5.19. The van der Waals surface area contributed by atoms with Crippen molar-refractivity contribution in [2.45, 2.75) is 45.1 Å².